The lowest BCUT2D eigenvalue weighted by Gasteiger charge is -2.20. The highest BCUT2D eigenvalue weighted by Gasteiger charge is 2.18. The number of esters is 1. The van der Waals surface area contributed by atoms with Crippen LogP contribution in [-0.2, 0) is 14.3 Å². The summed E-state index contributed by atoms with van der Waals surface area (Å²) in [6.07, 6.45) is 102. The van der Waals surface area contributed by atoms with Crippen molar-refractivity contribution in [3.63, 3.8) is 0 Å². The fourth-order valence-corrected chi connectivity index (χ4v) is 12.5. The number of hydrogen-bond acceptors (Lipinski definition) is 5. The Morgan fingerprint density at radius 2 is 0.568 bits per heavy atom. The van der Waals surface area contributed by atoms with E-state index in [1.165, 1.54) is 360 Å². The fourth-order valence-electron chi connectivity index (χ4n) is 12.5. The van der Waals surface area contributed by atoms with Crippen molar-refractivity contribution in [2.75, 3.05) is 13.2 Å². The average molecular weight is 1240 g/mol. The van der Waals surface area contributed by atoms with Gasteiger partial charge in [0.2, 0.25) is 5.91 Å². The minimum atomic E-state index is -0.844. The molecular formula is C82H155NO5. The third-order valence-electron chi connectivity index (χ3n) is 18.6. The lowest BCUT2D eigenvalue weighted by Crippen LogP contribution is -2.45. The normalized spacial score (nSPS) is 12.7. The number of allylic oxidation sites excluding steroid dienone is 7. The Labute approximate surface area is 550 Å². The molecule has 6 heteroatoms. The molecule has 518 valence electrons. The Morgan fingerprint density at radius 1 is 0.318 bits per heavy atom. The molecule has 3 N–H and O–H groups in total. The molecule has 0 aliphatic rings. The van der Waals surface area contributed by atoms with Gasteiger partial charge in [-0.2, -0.15) is 0 Å². The Kier molecular flexibility index (Phi) is 75.4. The van der Waals surface area contributed by atoms with E-state index in [9.17, 15) is 19.8 Å². The molecule has 0 spiro atoms. The van der Waals surface area contributed by atoms with Crippen LogP contribution in [0.4, 0.5) is 0 Å². The third-order valence-corrected chi connectivity index (χ3v) is 18.6. The van der Waals surface area contributed by atoms with E-state index in [1.807, 2.05) is 6.08 Å². The second-order valence-corrected chi connectivity index (χ2v) is 27.4. The molecule has 1 amide bonds. The molecule has 0 radical (unpaired) electrons. The number of carbonyl (C=O) groups is 2. The van der Waals surface area contributed by atoms with E-state index in [0.717, 1.165) is 51.4 Å². The van der Waals surface area contributed by atoms with Gasteiger partial charge < -0.3 is 20.3 Å². The first kappa shape index (κ1) is 85.8. The van der Waals surface area contributed by atoms with Gasteiger partial charge in [0.15, 0.2) is 0 Å². The second kappa shape index (κ2) is 77.3. The van der Waals surface area contributed by atoms with Crippen molar-refractivity contribution in [2.45, 2.75) is 450 Å². The Morgan fingerprint density at radius 3 is 0.898 bits per heavy atom. The van der Waals surface area contributed by atoms with E-state index in [4.69, 9.17) is 4.74 Å². The van der Waals surface area contributed by atoms with Crippen LogP contribution in [0.15, 0.2) is 48.6 Å². The molecule has 0 saturated heterocycles. The van der Waals surface area contributed by atoms with Gasteiger partial charge in [-0.3, -0.25) is 9.59 Å². The molecular weight excluding hydrogens is 1080 g/mol. The maximum atomic E-state index is 12.5. The Bertz CT molecular complexity index is 1470. The highest BCUT2D eigenvalue weighted by molar-refractivity contribution is 5.76. The van der Waals surface area contributed by atoms with E-state index >= 15 is 0 Å². The first-order valence-corrected chi connectivity index (χ1v) is 39.9. The number of nitrogens with one attached hydrogen (secondary N) is 1. The zero-order chi connectivity index (χ0) is 63.5. The van der Waals surface area contributed by atoms with Gasteiger partial charge in [0, 0.05) is 12.8 Å². The molecule has 6 nitrogen and oxygen atoms in total. The second-order valence-electron chi connectivity index (χ2n) is 27.4. The Balaban J connectivity index is 3.38. The number of ether oxygens (including phenoxy) is 1. The van der Waals surface area contributed by atoms with Gasteiger partial charge in [-0.15, -0.1) is 0 Å². The molecule has 0 aromatic rings. The standard InChI is InChI=1S/C82H155NO5/c1-3-5-7-9-11-13-15-17-18-19-20-42-45-48-51-54-58-62-66-70-74-80(85)79(78-84)83-81(86)75-71-67-63-59-55-52-49-46-43-40-38-36-34-32-30-28-26-24-22-21-23-25-27-29-31-33-35-37-39-41-44-47-50-53-57-61-65-69-73-77-88-82(87)76-72-68-64-60-56-16-14-12-10-8-6-4-2/h12,14,21-22,25,27,70,74,79-80,84-85H,3-11,13,15-20,23-24,26,28-69,71-73,75-78H2,1-2H3,(H,83,86)/b14-12-,22-21-,27-25-,74-70+. The van der Waals surface area contributed by atoms with E-state index in [-0.39, 0.29) is 18.5 Å². The highest BCUT2D eigenvalue weighted by atomic mass is 16.5. The molecule has 2 unspecified atom stereocenters. The van der Waals surface area contributed by atoms with Gasteiger partial charge in [-0.1, -0.05) is 383 Å². The smallest absolute Gasteiger partial charge is 0.305 e. The molecule has 2 atom stereocenters. The lowest BCUT2D eigenvalue weighted by molar-refractivity contribution is -0.143. The van der Waals surface area contributed by atoms with Crippen molar-refractivity contribution in [3.05, 3.63) is 48.6 Å². The minimum absolute atomic E-state index is 0.0103. The monoisotopic (exact) mass is 1230 g/mol. The van der Waals surface area contributed by atoms with Crippen LogP contribution < -0.4 is 5.32 Å². The fraction of sp³-hybridized carbons (Fsp3) is 0.878. The largest absolute Gasteiger partial charge is 0.466 e. The summed E-state index contributed by atoms with van der Waals surface area (Å²) < 4.78 is 5.48. The van der Waals surface area contributed by atoms with Crippen molar-refractivity contribution >= 4 is 11.9 Å². The van der Waals surface area contributed by atoms with Crippen molar-refractivity contribution in [3.8, 4) is 0 Å². The summed E-state index contributed by atoms with van der Waals surface area (Å²) >= 11 is 0. The summed E-state index contributed by atoms with van der Waals surface area (Å²) in [5.74, 6) is -0.0506. The van der Waals surface area contributed by atoms with Crippen molar-refractivity contribution in [2.24, 2.45) is 0 Å². The summed E-state index contributed by atoms with van der Waals surface area (Å²) in [6.45, 7) is 4.92. The van der Waals surface area contributed by atoms with Crippen molar-refractivity contribution in [1.29, 1.82) is 0 Å². The predicted molar refractivity (Wildman–Crippen MR) is 389 cm³/mol. The molecule has 0 saturated carbocycles. The van der Waals surface area contributed by atoms with Crippen LogP contribution in [0.1, 0.15) is 438 Å². The van der Waals surface area contributed by atoms with Crippen LogP contribution in [0.25, 0.3) is 0 Å². The summed E-state index contributed by atoms with van der Waals surface area (Å²) in [6, 6.07) is -0.627. The van der Waals surface area contributed by atoms with E-state index in [2.05, 4.69) is 55.6 Å². The topological polar surface area (TPSA) is 95.9 Å². The van der Waals surface area contributed by atoms with E-state index < -0.39 is 12.1 Å². The zero-order valence-electron chi connectivity index (χ0n) is 59.5. The number of carbonyl (C=O) groups excluding carboxylic acids is 2. The van der Waals surface area contributed by atoms with Crippen molar-refractivity contribution < 1.29 is 24.5 Å². The number of aliphatic hydroxyl groups excluding tert-OH is 2. The SMILES string of the molecule is CCCCC/C=C\CCCCCCCC(=O)OCCCCCCCCCCCCCCCCC/C=C\C/C=C\CCCCCCCCCCCCCCCCCCCC(=O)NC(CO)C(O)/C=C/CCCCCCCCCCCCCCCCCCCC. The van der Waals surface area contributed by atoms with Crippen LogP contribution in [0.2, 0.25) is 0 Å². The Hall–Kier alpha value is -2.18. The molecule has 0 aromatic heterocycles. The molecule has 88 heavy (non-hydrogen) atoms. The van der Waals surface area contributed by atoms with Gasteiger partial charge in [-0.25, -0.2) is 0 Å². The van der Waals surface area contributed by atoms with Gasteiger partial charge in [-0.05, 0) is 89.9 Å². The summed E-state index contributed by atoms with van der Waals surface area (Å²) in [5, 5.41) is 23.3. The van der Waals surface area contributed by atoms with Crippen LogP contribution >= 0.6 is 0 Å². The number of amides is 1. The van der Waals surface area contributed by atoms with Crippen LogP contribution in [0.5, 0.6) is 0 Å². The summed E-state index contributed by atoms with van der Waals surface area (Å²) in [7, 11) is 0. The number of rotatable bonds is 75. The molecule has 0 aromatic carbocycles. The minimum Gasteiger partial charge on any atom is -0.466 e. The van der Waals surface area contributed by atoms with Gasteiger partial charge >= 0.3 is 5.97 Å². The molecule has 0 rings (SSSR count). The predicted octanol–water partition coefficient (Wildman–Crippen LogP) is 26.4. The lowest BCUT2D eigenvalue weighted by atomic mass is 10.0. The van der Waals surface area contributed by atoms with E-state index in [1.54, 1.807) is 6.08 Å². The van der Waals surface area contributed by atoms with Crippen molar-refractivity contribution in [1.82, 2.24) is 5.32 Å². The van der Waals surface area contributed by atoms with Gasteiger partial charge in [0.05, 0.1) is 25.4 Å². The maximum Gasteiger partial charge on any atom is 0.305 e. The molecule has 0 aliphatic carbocycles. The number of unbranched alkanes of at least 4 members (excludes halogenated alkanes) is 58. The summed E-state index contributed by atoms with van der Waals surface area (Å²) in [4.78, 5) is 24.6. The maximum absolute atomic E-state index is 12.5. The van der Waals surface area contributed by atoms with Crippen LogP contribution in [0, 0.1) is 0 Å². The van der Waals surface area contributed by atoms with E-state index in [0.29, 0.717) is 19.4 Å². The first-order chi connectivity index (χ1) is 43.5. The molecule has 0 bridgehead atoms. The van der Waals surface area contributed by atoms with Crippen LogP contribution in [-0.4, -0.2) is 47.4 Å². The quantitative estimate of drug-likeness (QED) is 0.0320. The number of hydrogen-bond donors (Lipinski definition) is 3. The third kappa shape index (κ3) is 72.9. The molecule has 0 fully saturated rings. The molecule has 0 aliphatic heterocycles. The summed E-state index contributed by atoms with van der Waals surface area (Å²) in [5.41, 5.74) is 0. The number of aliphatic hydroxyl groups is 2. The average Bonchev–Trinajstić information content (AvgIpc) is 3.55. The van der Waals surface area contributed by atoms with Gasteiger partial charge in [0.25, 0.3) is 0 Å². The first-order valence-electron chi connectivity index (χ1n) is 39.9. The highest BCUT2D eigenvalue weighted by Crippen LogP contribution is 2.19. The van der Waals surface area contributed by atoms with Gasteiger partial charge in [0.1, 0.15) is 0 Å². The molecule has 0 heterocycles. The zero-order valence-corrected chi connectivity index (χ0v) is 59.5. The van der Waals surface area contributed by atoms with Crippen LogP contribution in [0.3, 0.4) is 0 Å².